The summed E-state index contributed by atoms with van der Waals surface area (Å²) in [6.45, 7) is 1.88. The fraction of sp³-hybridized carbons (Fsp3) is 0.200. The fourth-order valence-electron chi connectivity index (χ4n) is 1.82. The smallest absolute Gasteiger partial charge is 0.295 e. The van der Waals surface area contributed by atoms with Crippen molar-refractivity contribution in [3.8, 4) is 5.75 Å². The molecular formula is C15H16O4S2. The molecule has 0 aliphatic heterocycles. The Balaban J connectivity index is 2.21. The predicted octanol–water partition coefficient (Wildman–Crippen LogP) is 3.54. The zero-order chi connectivity index (χ0) is 15.5. The van der Waals surface area contributed by atoms with E-state index in [0.29, 0.717) is 10.6 Å². The molecule has 0 radical (unpaired) electrons. The Kier molecular flexibility index (Phi) is 4.92. The Morgan fingerprint density at radius 3 is 2.38 bits per heavy atom. The van der Waals surface area contributed by atoms with E-state index < -0.39 is 10.1 Å². The molecule has 2 aromatic rings. The molecule has 2 rings (SSSR count). The lowest BCUT2D eigenvalue weighted by Gasteiger charge is -2.08. The standard InChI is InChI=1S/C15H16O4S2/c1-11-3-8-15(21(16,17)18)14(9-11)20-10-12-4-6-13(19-2)7-5-12/h3-9H,10H2,1-2H3,(H,16,17,18). The molecule has 0 bridgehead atoms. The second-order valence-corrected chi connectivity index (χ2v) is 6.97. The zero-order valence-electron chi connectivity index (χ0n) is 11.7. The van der Waals surface area contributed by atoms with Gasteiger partial charge in [-0.15, -0.1) is 11.8 Å². The lowest BCUT2D eigenvalue weighted by Crippen LogP contribution is -2.00. The van der Waals surface area contributed by atoms with Gasteiger partial charge in [-0.1, -0.05) is 18.2 Å². The quantitative estimate of drug-likeness (QED) is 0.673. The first kappa shape index (κ1) is 15.9. The van der Waals surface area contributed by atoms with Gasteiger partial charge in [-0.3, -0.25) is 4.55 Å². The number of aryl methyl sites for hydroxylation is 1. The van der Waals surface area contributed by atoms with Crippen molar-refractivity contribution in [3.63, 3.8) is 0 Å². The molecule has 0 saturated carbocycles. The fourth-order valence-corrected chi connectivity index (χ4v) is 3.86. The van der Waals surface area contributed by atoms with E-state index in [1.54, 1.807) is 19.2 Å². The van der Waals surface area contributed by atoms with Gasteiger partial charge in [0.15, 0.2) is 0 Å². The summed E-state index contributed by atoms with van der Waals surface area (Å²) in [7, 11) is -2.60. The van der Waals surface area contributed by atoms with Crippen LogP contribution in [0.2, 0.25) is 0 Å². The minimum atomic E-state index is -4.21. The molecular weight excluding hydrogens is 308 g/mol. The van der Waals surface area contributed by atoms with Gasteiger partial charge in [0.1, 0.15) is 10.6 Å². The van der Waals surface area contributed by atoms with Crippen LogP contribution in [0, 0.1) is 6.92 Å². The third-order valence-corrected chi connectivity index (χ3v) is 5.10. The highest BCUT2D eigenvalue weighted by atomic mass is 32.2. The maximum absolute atomic E-state index is 11.4. The van der Waals surface area contributed by atoms with E-state index in [4.69, 9.17) is 4.74 Å². The highest BCUT2D eigenvalue weighted by Gasteiger charge is 2.15. The molecule has 21 heavy (non-hydrogen) atoms. The minimum absolute atomic E-state index is 0.0494. The van der Waals surface area contributed by atoms with E-state index in [2.05, 4.69) is 0 Å². The second-order valence-electron chi connectivity index (χ2n) is 4.56. The maximum atomic E-state index is 11.4. The van der Waals surface area contributed by atoms with Crippen LogP contribution in [-0.4, -0.2) is 20.1 Å². The number of benzene rings is 2. The van der Waals surface area contributed by atoms with Crippen molar-refractivity contribution in [2.45, 2.75) is 22.5 Å². The lowest BCUT2D eigenvalue weighted by molar-refractivity contribution is 0.414. The average molecular weight is 324 g/mol. The molecule has 0 heterocycles. The highest BCUT2D eigenvalue weighted by Crippen LogP contribution is 2.30. The summed E-state index contributed by atoms with van der Waals surface area (Å²) in [5, 5.41) is 0. The van der Waals surface area contributed by atoms with E-state index in [1.165, 1.54) is 17.8 Å². The summed E-state index contributed by atoms with van der Waals surface area (Å²) >= 11 is 1.37. The largest absolute Gasteiger partial charge is 0.497 e. The van der Waals surface area contributed by atoms with Crippen LogP contribution in [0.15, 0.2) is 52.3 Å². The van der Waals surface area contributed by atoms with Crippen LogP contribution in [0.3, 0.4) is 0 Å². The van der Waals surface area contributed by atoms with Crippen molar-refractivity contribution in [1.82, 2.24) is 0 Å². The van der Waals surface area contributed by atoms with Crippen molar-refractivity contribution in [2.75, 3.05) is 7.11 Å². The van der Waals surface area contributed by atoms with Gasteiger partial charge in [-0.25, -0.2) is 0 Å². The van der Waals surface area contributed by atoms with Gasteiger partial charge in [0.25, 0.3) is 10.1 Å². The average Bonchev–Trinajstić information content (AvgIpc) is 2.44. The van der Waals surface area contributed by atoms with E-state index in [1.807, 2.05) is 31.2 Å². The predicted molar refractivity (Wildman–Crippen MR) is 83.5 cm³/mol. The summed E-state index contributed by atoms with van der Waals surface area (Å²) in [6.07, 6.45) is 0. The number of ether oxygens (including phenoxy) is 1. The Morgan fingerprint density at radius 1 is 1.14 bits per heavy atom. The van der Waals surface area contributed by atoms with Crippen LogP contribution in [0.25, 0.3) is 0 Å². The lowest BCUT2D eigenvalue weighted by atomic mass is 10.2. The van der Waals surface area contributed by atoms with E-state index in [-0.39, 0.29) is 4.90 Å². The third kappa shape index (κ3) is 4.23. The van der Waals surface area contributed by atoms with Crippen molar-refractivity contribution in [1.29, 1.82) is 0 Å². The number of hydrogen-bond acceptors (Lipinski definition) is 4. The highest BCUT2D eigenvalue weighted by molar-refractivity contribution is 7.99. The van der Waals surface area contributed by atoms with Gasteiger partial charge >= 0.3 is 0 Å². The Bertz CT molecular complexity index is 722. The van der Waals surface area contributed by atoms with Gasteiger partial charge in [-0.05, 0) is 42.3 Å². The molecule has 4 nitrogen and oxygen atoms in total. The maximum Gasteiger partial charge on any atom is 0.295 e. The molecule has 0 aliphatic carbocycles. The minimum Gasteiger partial charge on any atom is -0.497 e. The van der Waals surface area contributed by atoms with Gasteiger partial charge in [0, 0.05) is 10.6 Å². The molecule has 6 heteroatoms. The molecule has 1 N–H and O–H groups in total. The number of thioether (sulfide) groups is 1. The molecule has 0 unspecified atom stereocenters. The first-order chi connectivity index (χ1) is 9.90. The number of methoxy groups -OCH3 is 1. The van der Waals surface area contributed by atoms with Gasteiger partial charge in [-0.2, -0.15) is 8.42 Å². The SMILES string of the molecule is COc1ccc(CSc2cc(C)ccc2S(=O)(=O)O)cc1. The number of rotatable bonds is 5. The van der Waals surface area contributed by atoms with Gasteiger partial charge in [0.05, 0.1) is 7.11 Å². The molecule has 0 saturated heterocycles. The van der Waals surface area contributed by atoms with Crippen molar-refractivity contribution in [2.24, 2.45) is 0 Å². The van der Waals surface area contributed by atoms with Crippen molar-refractivity contribution in [3.05, 3.63) is 53.6 Å². The molecule has 0 fully saturated rings. The van der Waals surface area contributed by atoms with Crippen LogP contribution in [-0.2, 0) is 15.9 Å². The zero-order valence-corrected chi connectivity index (χ0v) is 13.4. The van der Waals surface area contributed by atoms with E-state index in [0.717, 1.165) is 16.9 Å². The summed E-state index contributed by atoms with van der Waals surface area (Å²) in [4.78, 5) is 0.500. The molecule has 0 aromatic heterocycles. The van der Waals surface area contributed by atoms with Gasteiger partial charge in [0.2, 0.25) is 0 Å². The molecule has 112 valence electrons. The van der Waals surface area contributed by atoms with Gasteiger partial charge < -0.3 is 4.74 Å². The Hall–Kier alpha value is -1.50. The molecule has 0 atom stereocenters. The van der Waals surface area contributed by atoms with E-state index in [9.17, 15) is 13.0 Å². The summed E-state index contributed by atoms with van der Waals surface area (Å²) in [5.41, 5.74) is 1.99. The summed E-state index contributed by atoms with van der Waals surface area (Å²) in [5.74, 6) is 1.38. The summed E-state index contributed by atoms with van der Waals surface area (Å²) < 4.78 is 37.1. The van der Waals surface area contributed by atoms with Crippen LogP contribution < -0.4 is 4.74 Å². The van der Waals surface area contributed by atoms with Crippen LogP contribution in [0.4, 0.5) is 0 Å². The second kappa shape index (κ2) is 6.51. The van der Waals surface area contributed by atoms with Crippen molar-refractivity contribution >= 4 is 21.9 Å². The molecule has 2 aromatic carbocycles. The molecule has 0 aliphatic rings. The monoisotopic (exact) mass is 324 g/mol. The third-order valence-electron chi connectivity index (χ3n) is 2.93. The Labute approximate surface area is 128 Å². The molecule has 0 spiro atoms. The van der Waals surface area contributed by atoms with Crippen LogP contribution >= 0.6 is 11.8 Å². The summed E-state index contributed by atoms with van der Waals surface area (Å²) in [6, 6.07) is 12.4. The first-order valence-corrected chi connectivity index (χ1v) is 8.66. The van der Waals surface area contributed by atoms with Crippen LogP contribution in [0.5, 0.6) is 5.75 Å². The number of hydrogen-bond donors (Lipinski definition) is 1. The van der Waals surface area contributed by atoms with Crippen LogP contribution in [0.1, 0.15) is 11.1 Å². The Morgan fingerprint density at radius 2 is 1.81 bits per heavy atom. The van der Waals surface area contributed by atoms with E-state index >= 15 is 0 Å². The normalized spacial score (nSPS) is 11.4. The topological polar surface area (TPSA) is 63.6 Å². The molecule has 0 amide bonds. The van der Waals surface area contributed by atoms with Crippen molar-refractivity contribution < 1.29 is 17.7 Å². The first-order valence-electron chi connectivity index (χ1n) is 6.24.